The van der Waals surface area contributed by atoms with Gasteiger partial charge in [-0.2, -0.15) is 0 Å². The summed E-state index contributed by atoms with van der Waals surface area (Å²) in [6.45, 7) is 5.44. The molecule has 0 bridgehead atoms. The SMILES string of the molecule is C=CCN(c1ccccc1C(=O)OCC)S(=O)(=O)c1ccc(OC)c(Cl)c1. The lowest BCUT2D eigenvalue weighted by atomic mass is 10.2. The highest BCUT2D eigenvalue weighted by Gasteiger charge is 2.28. The van der Waals surface area contributed by atoms with Gasteiger partial charge >= 0.3 is 5.97 Å². The Labute approximate surface area is 164 Å². The van der Waals surface area contributed by atoms with Gasteiger partial charge in [0.15, 0.2) is 0 Å². The maximum Gasteiger partial charge on any atom is 0.340 e. The first kappa shape index (κ1) is 20.8. The minimum atomic E-state index is -4.02. The van der Waals surface area contributed by atoms with Crippen molar-refractivity contribution in [2.24, 2.45) is 0 Å². The van der Waals surface area contributed by atoms with Crippen LogP contribution in [0.4, 0.5) is 5.69 Å². The van der Waals surface area contributed by atoms with Crippen LogP contribution in [0.1, 0.15) is 17.3 Å². The zero-order chi connectivity index (χ0) is 20.0. The van der Waals surface area contributed by atoms with Crippen LogP contribution in [0.2, 0.25) is 5.02 Å². The smallest absolute Gasteiger partial charge is 0.340 e. The minimum absolute atomic E-state index is 0.0335. The first-order valence-corrected chi connectivity index (χ1v) is 9.92. The third-order valence-corrected chi connectivity index (χ3v) is 5.75. The number of carbonyl (C=O) groups is 1. The van der Waals surface area contributed by atoms with Crippen LogP contribution in [0.3, 0.4) is 0 Å². The molecule has 27 heavy (non-hydrogen) atoms. The summed E-state index contributed by atoms with van der Waals surface area (Å²) in [4.78, 5) is 12.2. The minimum Gasteiger partial charge on any atom is -0.495 e. The van der Waals surface area contributed by atoms with Gasteiger partial charge in [0.25, 0.3) is 10.0 Å². The van der Waals surface area contributed by atoms with Gasteiger partial charge < -0.3 is 9.47 Å². The summed E-state index contributed by atoms with van der Waals surface area (Å²) in [5.74, 6) is -0.247. The van der Waals surface area contributed by atoms with Crippen LogP contribution < -0.4 is 9.04 Å². The molecule has 0 aromatic heterocycles. The number of nitrogens with zero attached hydrogens (tertiary/aromatic N) is 1. The largest absolute Gasteiger partial charge is 0.495 e. The topological polar surface area (TPSA) is 72.9 Å². The molecule has 0 aliphatic rings. The molecule has 0 radical (unpaired) electrons. The zero-order valence-electron chi connectivity index (χ0n) is 15.0. The summed E-state index contributed by atoms with van der Waals surface area (Å²) in [7, 11) is -2.58. The zero-order valence-corrected chi connectivity index (χ0v) is 16.6. The fraction of sp³-hybridized carbons (Fsp3) is 0.211. The Kier molecular flexibility index (Phi) is 6.87. The Balaban J connectivity index is 2.59. The van der Waals surface area contributed by atoms with Crippen molar-refractivity contribution in [2.75, 3.05) is 24.6 Å². The van der Waals surface area contributed by atoms with Crippen molar-refractivity contribution in [1.29, 1.82) is 0 Å². The molecule has 0 aliphatic heterocycles. The van der Waals surface area contributed by atoms with Crippen LogP contribution >= 0.6 is 11.6 Å². The van der Waals surface area contributed by atoms with E-state index in [4.69, 9.17) is 21.1 Å². The summed E-state index contributed by atoms with van der Waals surface area (Å²) >= 11 is 6.08. The Morgan fingerprint density at radius 2 is 1.96 bits per heavy atom. The Bertz CT molecular complexity index is 943. The first-order valence-electron chi connectivity index (χ1n) is 8.10. The molecule has 0 amide bonds. The van der Waals surface area contributed by atoms with Crippen LogP contribution in [-0.2, 0) is 14.8 Å². The lowest BCUT2D eigenvalue weighted by Gasteiger charge is -2.25. The van der Waals surface area contributed by atoms with Gasteiger partial charge in [-0.15, -0.1) is 6.58 Å². The van der Waals surface area contributed by atoms with Gasteiger partial charge in [-0.25, -0.2) is 13.2 Å². The summed E-state index contributed by atoms with van der Waals surface area (Å²) in [5.41, 5.74) is 0.340. The molecule has 0 saturated carbocycles. The van der Waals surface area contributed by atoms with Gasteiger partial charge in [0, 0.05) is 0 Å². The summed E-state index contributed by atoms with van der Waals surface area (Å²) in [5, 5.41) is 0.163. The van der Waals surface area contributed by atoms with Gasteiger partial charge in [-0.1, -0.05) is 29.8 Å². The second kappa shape index (κ2) is 8.92. The molecule has 144 valence electrons. The molecular formula is C19H20ClNO5S. The average Bonchev–Trinajstić information content (AvgIpc) is 2.66. The third kappa shape index (κ3) is 4.43. The van der Waals surface area contributed by atoms with Gasteiger partial charge in [0.05, 0.1) is 41.4 Å². The number of carbonyl (C=O) groups excluding carboxylic acids is 1. The van der Waals surface area contributed by atoms with E-state index in [0.717, 1.165) is 4.31 Å². The average molecular weight is 410 g/mol. The maximum atomic E-state index is 13.2. The van der Waals surface area contributed by atoms with E-state index in [-0.39, 0.29) is 34.3 Å². The number of esters is 1. The Hall–Kier alpha value is -2.51. The Morgan fingerprint density at radius 1 is 1.26 bits per heavy atom. The van der Waals surface area contributed by atoms with E-state index >= 15 is 0 Å². The molecule has 0 saturated heterocycles. The van der Waals surface area contributed by atoms with E-state index in [1.807, 2.05) is 0 Å². The Morgan fingerprint density at radius 3 is 2.56 bits per heavy atom. The molecule has 0 unspecified atom stereocenters. The van der Waals surface area contributed by atoms with Crippen LogP contribution in [-0.4, -0.2) is 34.6 Å². The fourth-order valence-corrected chi connectivity index (χ4v) is 4.25. The molecule has 0 atom stereocenters. The van der Waals surface area contributed by atoms with Crippen molar-refractivity contribution >= 4 is 33.3 Å². The van der Waals surface area contributed by atoms with Crippen molar-refractivity contribution in [1.82, 2.24) is 0 Å². The predicted octanol–water partition coefficient (Wildman–Crippen LogP) is 3.91. The number of rotatable bonds is 8. The van der Waals surface area contributed by atoms with E-state index < -0.39 is 16.0 Å². The van der Waals surface area contributed by atoms with Crippen LogP contribution in [0, 0.1) is 0 Å². The summed E-state index contributed by atoms with van der Waals surface area (Å²) < 4.78 is 37.7. The normalized spacial score (nSPS) is 10.9. The number of methoxy groups -OCH3 is 1. The van der Waals surface area contributed by atoms with E-state index in [2.05, 4.69) is 6.58 Å². The highest BCUT2D eigenvalue weighted by molar-refractivity contribution is 7.92. The molecule has 0 fully saturated rings. The predicted molar refractivity (Wildman–Crippen MR) is 105 cm³/mol. The monoisotopic (exact) mass is 409 g/mol. The van der Waals surface area contributed by atoms with E-state index in [1.165, 1.54) is 37.5 Å². The number of hydrogen-bond donors (Lipinski definition) is 0. The molecule has 2 aromatic rings. The summed E-state index contributed by atoms with van der Waals surface area (Å²) in [6.07, 6.45) is 1.44. The molecule has 0 spiro atoms. The number of para-hydroxylation sites is 1. The van der Waals surface area contributed by atoms with Crippen LogP contribution in [0.25, 0.3) is 0 Å². The molecule has 0 heterocycles. The third-order valence-electron chi connectivity index (χ3n) is 3.67. The number of sulfonamides is 1. The second-order valence-corrected chi connectivity index (χ2v) is 7.63. The molecule has 8 heteroatoms. The van der Waals surface area contributed by atoms with Gasteiger partial charge in [-0.3, -0.25) is 4.31 Å². The first-order chi connectivity index (χ1) is 12.9. The molecule has 0 N–H and O–H groups in total. The van der Waals surface area contributed by atoms with Crippen molar-refractivity contribution in [3.05, 3.63) is 65.7 Å². The van der Waals surface area contributed by atoms with Crippen molar-refractivity contribution in [2.45, 2.75) is 11.8 Å². The molecule has 6 nitrogen and oxygen atoms in total. The second-order valence-electron chi connectivity index (χ2n) is 5.36. The maximum absolute atomic E-state index is 13.2. The van der Waals surface area contributed by atoms with E-state index in [9.17, 15) is 13.2 Å². The lowest BCUT2D eigenvalue weighted by molar-refractivity contribution is 0.0527. The summed E-state index contributed by atoms with van der Waals surface area (Å²) in [6, 6.07) is 10.5. The number of benzene rings is 2. The highest BCUT2D eigenvalue weighted by Crippen LogP contribution is 2.32. The van der Waals surface area contributed by atoms with Crippen molar-refractivity contribution < 1.29 is 22.7 Å². The van der Waals surface area contributed by atoms with Gasteiger partial charge in [0.1, 0.15) is 5.75 Å². The molecule has 2 rings (SSSR count). The number of anilines is 1. The van der Waals surface area contributed by atoms with Crippen LogP contribution in [0.15, 0.2) is 60.0 Å². The lowest BCUT2D eigenvalue weighted by Crippen LogP contribution is -2.32. The van der Waals surface area contributed by atoms with Crippen molar-refractivity contribution in [3.8, 4) is 5.75 Å². The standard InChI is InChI=1S/C19H20ClNO5S/c1-4-12-21(17-9-7-6-8-15(17)19(22)26-5-2)27(23,24)14-10-11-18(25-3)16(20)13-14/h4,6-11,13H,1,5,12H2,2-3H3. The van der Waals surface area contributed by atoms with Crippen molar-refractivity contribution in [3.63, 3.8) is 0 Å². The molecule has 2 aromatic carbocycles. The van der Waals surface area contributed by atoms with Gasteiger partial charge in [-0.05, 0) is 37.3 Å². The molecular weight excluding hydrogens is 390 g/mol. The van der Waals surface area contributed by atoms with E-state index in [0.29, 0.717) is 5.75 Å². The molecule has 0 aliphatic carbocycles. The number of ether oxygens (including phenoxy) is 2. The fourth-order valence-electron chi connectivity index (χ4n) is 2.45. The highest BCUT2D eigenvalue weighted by atomic mass is 35.5. The quantitative estimate of drug-likeness (QED) is 0.488. The van der Waals surface area contributed by atoms with E-state index in [1.54, 1.807) is 25.1 Å². The number of hydrogen-bond acceptors (Lipinski definition) is 5. The van der Waals surface area contributed by atoms with Gasteiger partial charge in [0.2, 0.25) is 0 Å². The van der Waals surface area contributed by atoms with Crippen LogP contribution in [0.5, 0.6) is 5.75 Å². The number of halogens is 1.